The Morgan fingerprint density at radius 2 is 2.14 bits per heavy atom. The van der Waals surface area contributed by atoms with E-state index < -0.39 is 12.0 Å². The molecule has 0 saturated heterocycles. The van der Waals surface area contributed by atoms with Crippen molar-refractivity contribution in [2.45, 2.75) is 32.3 Å². The van der Waals surface area contributed by atoms with Crippen molar-refractivity contribution >= 4 is 17.5 Å². The Morgan fingerprint density at radius 3 is 2.77 bits per heavy atom. The standard InChI is InChI=1S/C15H18ClN3O3/c1-9(2)14-18-12(22-19-14)7-8-17-15(21)13(20)10-5-3-4-6-11(10)16/h3-6,9,13,20H,7-8H2,1-2H3,(H,17,21)/t13-/m1/s1. The summed E-state index contributed by atoms with van der Waals surface area (Å²) in [5.74, 6) is 0.763. The minimum atomic E-state index is -1.30. The lowest BCUT2D eigenvalue weighted by atomic mass is 10.1. The molecular weight excluding hydrogens is 306 g/mol. The van der Waals surface area contributed by atoms with Crippen LogP contribution in [0.1, 0.15) is 43.1 Å². The van der Waals surface area contributed by atoms with Gasteiger partial charge in [0.25, 0.3) is 5.91 Å². The summed E-state index contributed by atoms with van der Waals surface area (Å²) in [5, 5.41) is 16.8. The molecule has 6 nitrogen and oxygen atoms in total. The van der Waals surface area contributed by atoms with E-state index in [2.05, 4.69) is 15.5 Å². The van der Waals surface area contributed by atoms with Gasteiger partial charge in [-0.15, -0.1) is 0 Å². The Kier molecular flexibility index (Phi) is 5.51. The Hall–Kier alpha value is -1.92. The largest absolute Gasteiger partial charge is 0.378 e. The second-order valence-electron chi connectivity index (χ2n) is 5.17. The van der Waals surface area contributed by atoms with Gasteiger partial charge in [0.2, 0.25) is 5.89 Å². The number of hydrogen-bond donors (Lipinski definition) is 2. The van der Waals surface area contributed by atoms with Crippen LogP contribution in [-0.2, 0) is 11.2 Å². The molecule has 0 unspecified atom stereocenters. The van der Waals surface area contributed by atoms with Gasteiger partial charge >= 0.3 is 0 Å². The van der Waals surface area contributed by atoms with Gasteiger partial charge in [0.15, 0.2) is 11.9 Å². The maximum Gasteiger partial charge on any atom is 0.253 e. The Morgan fingerprint density at radius 1 is 1.41 bits per heavy atom. The van der Waals surface area contributed by atoms with Crippen LogP contribution in [0.25, 0.3) is 0 Å². The molecule has 1 atom stereocenters. The SMILES string of the molecule is CC(C)c1noc(CCNC(=O)[C@H](O)c2ccccc2Cl)n1. The monoisotopic (exact) mass is 323 g/mol. The van der Waals surface area contributed by atoms with Gasteiger partial charge in [0.05, 0.1) is 0 Å². The zero-order chi connectivity index (χ0) is 16.1. The van der Waals surface area contributed by atoms with Crippen LogP contribution in [0, 0.1) is 0 Å². The zero-order valence-corrected chi connectivity index (χ0v) is 13.2. The van der Waals surface area contributed by atoms with Crippen molar-refractivity contribution in [1.29, 1.82) is 0 Å². The summed E-state index contributed by atoms with van der Waals surface area (Å²) in [4.78, 5) is 16.1. The predicted octanol–water partition coefficient (Wildman–Crippen LogP) is 2.24. The number of amides is 1. The number of halogens is 1. The smallest absolute Gasteiger partial charge is 0.253 e. The molecule has 2 aromatic rings. The molecule has 1 amide bonds. The summed E-state index contributed by atoms with van der Waals surface area (Å²) in [6.45, 7) is 4.23. The highest BCUT2D eigenvalue weighted by molar-refractivity contribution is 6.31. The van der Waals surface area contributed by atoms with Crippen molar-refractivity contribution in [2.75, 3.05) is 6.54 Å². The lowest BCUT2D eigenvalue weighted by Crippen LogP contribution is -2.31. The number of aromatic nitrogens is 2. The van der Waals surface area contributed by atoms with E-state index in [0.29, 0.717) is 35.3 Å². The first-order chi connectivity index (χ1) is 10.5. The number of hydrogen-bond acceptors (Lipinski definition) is 5. The molecule has 0 aliphatic carbocycles. The van der Waals surface area contributed by atoms with Crippen LogP contribution in [0.4, 0.5) is 0 Å². The van der Waals surface area contributed by atoms with E-state index in [0.717, 1.165) is 0 Å². The quantitative estimate of drug-likeness (QED) is 0.851. The second-order valence-corrected chi connectivity index (χ2v) is 5.57. The molecule has 0 aliphatic rings. The molecule has 0 bridgehead atoms. The number of rotatable bonds is 6. The van der Waals surface area contributed by atoms with Crippen LogP contribution >= 0.6 is 11.6 Å². The Balaban J connectivity index is 1.86. The lowest BCUT2D eigenvalue weighted by molar-refractivity contribution is -0.129. The van der Waals surface area contributed by atoms with Crippen LogP contribution in [0.5, 0.6) is 0 Å². The number of nitrogens with one attached hydrogen (secondary N) is 1. The third-order valence-corrected chi connectivity index (χ3v) is 3.43. The third kappa shape index (κ3) is 4.05. The van der Waals surface area contributed by atoms with Crippen molar-refractivity contribution in [3.63, 3.8) is 0 Å². The van der Waals surface area contributed by atoms with Gasteiger partial charge in [-0.2, -0.15) is 4.98 Å². The summed E-state index contributed by atoms with van der Waals surface area (Å²) < 4.78 is 5.08. The average molecular weight is 324 g/mol. The van der Waals surface area contributed by atoms with Crippen molar-refractivity contribution < 1.29 is 14.4 Å². The summed E-state index contributed by atoms with van der Waals surface area (Å²) in [5.41, 5.74) is 0.376. The molecule has 1 heterocycles. The van der Waals surface area contributed by atoms with E-state index in [-0.39, 0.29) is 5.92 Å². The molecule has 118 valence electrons. The molecule has 7 heteroatoms. The molecule has 0 fully saturated rings. The average Bonchev–Trinajstić information content (AvgIpc) is 2.96. The molecule has 0 radical (unpaired) electrons. The lowest BCUT2D eigenvalue weighted by Gasteiger charge is -2.12. The van der Waals surface area contributed by atoms with Crippen LogP contribution in [0.2, 0.25) is 5.02 Å². The third-order valence-electron chi connectivity index (χ3n) is 3.09. The van der Waals surface area contributed by atoms with Gasteiger partial charge in [-0.25, -0.2) is 0 Å². The Bertz CT molecular complexity index is 642. The van der Waals surface area contributed by atoms with Gasteiger partial charge in [0, 0.05) is 29.5 Å². The molecule has 0 spiro atoms. The number of nitrogens with zero attached hydrogens (tertiary/aromatic N) is 2. The minimum Gasteiger partial charge on any atom is -0.378 e. The van der Waals surface area contributed by atoms with E-state index >= 15 is 0 Å². The summed E-state index contributed by atoms with van der Waals surface area (Å²) in [7, 11) is 0. The maximum absolute atomic E-state index is 11.9. The number of carbonyl (C=O) groups is 1. The van der Waals surface area contributed by atoms with Crippen LogP contribution in [-0.4, -0.2) is 27.7 Å². The molecule has 0 aliphatic heterocycles. The molecule has 1 aromatic carbocycles. The van der Waals surface area contributed by atoms with Crippen LogP contribution in [0.15, 0.2) is 28.8 Å². The number of carbonyl (C=O) groups excluding carboxylic acids is 1. The van der Waals surface area contributed by atoms with Crippen molar-refractivity contribution in [1.82, 2.24) is 15.5 Å². The molecule has 0 saturated carbocycles. The number of aliphatic hydroxyl groups excluding tert-OH is 1. The molecule has 22 heavy (non-hydrogen) atoms. The summed E-state index contributed by atoms with van der Waals surface area (Å²) >= 11 is 5.95. The topological polar surface area (TPSA) is 88.2 Å². The van der Waals surface area contributed by atoms with Crippen molar-refractivity contribution in [3.05, 3.63) is 46.6 Å². The van der Waals surface area contributed by atoms with Crippen molar-refractivity contribution in [2.24, 2.45) is 0 Å². The highest BCUT2D eigenvalue weighted by Gasteiger charge is 2.19. The highest BCUT2D eigenvalue weighted by Crippen LogP contribution is 2.22. The second kappa shape index (κ2) is 7.38. The fourth-order valence-electron chi connectivity index (χ4n) is 1.83. The zero-order valence-electron chi connectivity index (χ0n) is 12.4. The van der Waals surface area contributed by atoms with Gasteiger partial charge in [0.1, 0.15) is 0 Å². The fraction of sp³-hybridized carbons (Fsp3) is 0.400. The predicted molar refractivity (Wildman–Crippen MR) is 81.5 cm³/mol. The number of aliphatic hydroxyl groups is 1. The van der Waals surface area contributed by atoms with Gasteiger partial charge in [-0.05, 0) is 6.07 Å². The molecule has 1 aromatic heterocycles. The molecular formula is C15H18ClN3O3. The first kappa shape index (κ1) is 16.5. The first-order valence-electron chi connectivity index (χ1n) is 7.01. The summed E-state index contributed by atoms with van der Waals surface area (Å²) in [6, 6.07) is 6.68. The normalized spacial score (nSPS) is 12.4. The highest BCUT2D eigenvalue weighted by atomic mass is 35.5. The van der Waals surface area contributed by atoms with Gasteiger partial charge in [-0.3, -0.25) is 4.79 Å². The van der Waals surface area contributed by atoms with Crippen LogP contribution in [0.3, 0.4) is 0 Å². The fourth-order valence-corrected chi connectivity index (χ4v) is 2.07. The number of benzene rings is 1. The minimum absolute atomic E-state index is 0.189. The first-order valence-corrected chi connectivity index (χ1v) is 7.39. The molecule has 2 rings (SSSR count). The van der Waals surface area contributed by atoms with E-state index in [9.17, 15) is 9.90 Å². The van der Waals surface area contributed by atoms with E-state index in [1.165, 1.54) is 0 Å². The maximum atomic E-state index is 11.9. The van der Waals surface area contributed by atoms with Gasteiger partial charge in [-0.1, -0.05) is 48.8 Å². The van der Waals surface area contributed by atoms with E-state index in [1.54, 1.807) is 24.3 Å². The summed E-state index contributed by atoms with van der Waals surface area (Å²) in [6.07, 6.45) is -0.900. The van der Waals surface area contributed by atoms with E-state index in [4.69, 9.17) is 16.1 Å². The van der Waals surface area contributed by atoms with Crippen molar-refractivity contribution in [3.8, 4) is 0 Å². The Labute approximate surface area is 133 Å². The molecule has 2 N–H and O–H groups in total. The van der Waals surface area contributed by atoms with E-state index in [1.807, 2.05) is 13.8 Å². The van der Waals surface area contributed by atoms with Crippen LogP contribution < -0.4 is 5.32 Å². The van der Waals surface area contributed by atoms with Gasteiger partial charge < -0.3 is 14.9 Å².